The summed E-state index contributed by atoms with van der Waals surface area (Å²) in [5, 5.41) is 3.02. The summed E-state index contributed by atoms with van der Waals surface area (Å²) < 4.78 is 2.30. The van der Waals surface area contributed by atoms with E-state index in [2.05, 4.69) is 29.8 Å². The Labute approximate surface area is 147 Å². The average Bonchev–Trinajstić information content (AvgIpc) is 2.97. The number of aryl methyl sites for hydroxylation is 2. The van der Waals surface area contributed by atoms with Crippen LogP contribution in [0, 0.1) is 12.8 Å². The first-order valence-electron chi connectivity index (χ1n) is 8.93. The molecule has 4 heteroatoms. The van der Waals surface area contributed by atoms with Gasteiger partial charge in [0, 0.05) is 25.1 Å². The Hall–Kier alpha value is -2.62. The van der Waals surface area contributed by atoms with Crippen LogP contribution in [-0.4, -0.2) is 15.5 Å². The fourth-order valence-electron chi connectivity index (χ4n) is 3.58. The number of nitrogens with one attached hydrogen (secondary N) is 1. The maximum atomic E-state index is 12.5. The third-order valence-corrected chi connectivity index (χ3v) is 5.17. The highest BCUT2D eigenvalue weighted by Crippen LogP contribution is 2.25. The molecular weight excluding hydrogens is 310 g/mol. The number of fused-ring (bicyclic) bond motifs is 3. The largest absolute Gasteiger partial charge is 0.348 e. The van der Waals surface area contributed by atoms with Crippen LogP contribution in [0.2, 0.25) is 0 Å². The number of carbonyl (C=O) groups is 1. The molecule has 1 aliphatic rings. The molecule has 1 atom stereocenters. The maximum Gasteiger partial charge on any atom is 0.251 e. The summed E-state index contributed by atoms with van der Waals surface area (Å²) in [7, 11) is 0. The number of hydrogen-bond acceptors (Lipinski definition) is 2. The van der Waals surface area contributed by atoms with Crippen LogP contribution < -0.4 is 5.32 Å². The van der Waals surface area contributed by atoms with E-state index in [9.17, 15) is 4.79 Å². The second-order valence-electron chi connectivity index (χ2n) is 7.09. The van der Waals surface area contributed by atoms with Crippen molar-refractivity contribution in [2.24, 2.45) is 5.92 Å². The van der Waals surface area contributed by atoms with E-state index < -0.39 is 0 Å². The first kappa shape index (κ1) is 15.9. The number of imidazole rings is 1. The predicted octanol–water partition coefficient (Wildman–Crippen LogP) is 3.86. The van der Waals surface area contributed by atoms with Crippen molar-refractivity contribution in [3.63, 3.8) is 0 Å². The van der Waals surface area contributed by atoms with Crippen molar-refractivity contribution in [1.29, 1.82) is 0 Å². The van der Waals surface area contributed by atoms with E-state index in [0.29, 0.717) is 18.0 Å². The summed E-state index contributed by atoms with van der Waals surface area (Å²) in [6.07, 6.45) is 2.21. The van der Waals surface area contributed by atoms with E-state index in [1.807, 2.05) is 36.4 Å². The number of amides is 1. The van der Waals surface area contributed by atoms with Crippen molar-refractivity contribution < 1.29 is 4.79 Å². The van der Waals surface area contributed by atoms with Gasteiger partial charge in [-0.25, -0.2) is 4.98 Å². The molecule has 1 aliphatic heterocycles. The monoisotopic (exact) mass is 333 g/mol. The number of nitrogens with zero attached hydrogens (tertiary/aromatic N) is 2. The van der Waals surface area contributed by atoms with Crippen molar-refractivity contribution in [2.45, 2.75) is 39.8 Å². The van der Waals surface area contributed by atoms with Crippen molar-refractivity contribution in [3.8, 4) is 0 Å². The molecule has 1 aromatic heterocycles. The number of rotatable bonds is 3. The Morgan fingerprint density at radius 2 is 2.12 bits per heavy atom. The van der Waals surface area contributed by atoms with E-state index in [1.165, 1.54) is 12.0 Å². The molecule has 0 radical (unpaired) electrons. The van der Waals surface area contributed by atoms with Gasteiger partial charge in [0.15, 0.2) is 0 Å². The molecule has 4 nitrogen and oxygen atoms in total. The van der Waals surface area contributed by atoms with Gasteiger partial charge >= 0.3 is 0 Å². The molecule has 1 N–H and O–H groups in total. The standard InChI is InChI=1S/C21H23N3O/c1-14-9-10-24-19-8-7-16(12-18(19)23-20(24)11-14)21(25)22-13-17-6-4-3-5-15(17)2/h3-8,12,14H,9-11,13H2,1-2H3,(H,22,25)/t14-/m0/s1. The van der Waals surface area contributed by atoms with Gasteiger partial charge in [0.25, 0.3) is 5.91 Å². The Bertz CT molecular complexity index is 941. The highest BCUT2D eigenvalue weighted by atomic mass is 16.1. The molecule has 25 heavy (non-hydrogen) atoms. The molecule has 0 bridgehead atoms. The second-order valence-corrected chi connectivity index (χ2v) is 7.09. The minimum absolute atomic E-state index is 0.0514. The zero-order chi connectivity index (χ0) is 17.4. The van der Waals surface area contributed by atoms with Crippen LogP contribution in [0.15, 0.2) is 42.5 Å². The lowest BCUT2D eigenvalue weighted by Crippen LogP contribution is -2.23. The normalized spacial score (nSPS) is 16.6. The summed E-state index contributed by atoms with van der Waals surface area (Å²) in [5.74, 6) is 1.77. The summed E-state index contributed by atoms with van der Waals surface area (Å²) in [5.41, 5.74) is 5.06. The van der Waals surface area contributed by atoms with Crippen LogP contribution in [-0.2, 0) is 19.5 Å². The van der Waals surface area contributed by atoms with Crippen LogP contribution in [0.3, 0.4) is 0 Å². The Morgan fingerprint density at radius 3 is 2.96 bits per heavy atom. The van der Waals surface area contributed by atoms with E-state index in [1.54, 1.807) is 0 Å². The Balaban J connectivity index is 1.55. The van der Waals surface area contributed by atoms with E-state index in [0.717, 1.165) is 35.4 Å². The molecule has 0 spiro atoms. The topological polar surface area (TPSA) is 46.9 Å². The number of hydrogen-bond donors (Lipinski definition) is 1. The van der Waals surface area contributed by atoms with Gasteiger partial charge in [-0.05, 0) is 48.6 Å². The van der Waals surface area contributed by atoms with Gasteiger partial charge in [0.2, 0.25) is 0 Å². The average molecular weight is 333 g/mol. The van der Waals surface area contributed by atoms with Crippen LogP contribution in [0.25, 0.3) is 11.0 Å². The fraction of sp³-hybridized carbons (Fsp3) is 0.333. The molecule has 2 heterocycles. The Kier molecular flexibility index (Phi) is 4.04. The number of benzene rings is 2. The molecule has 2 aromatic carbocycles. The summed E-state index contributed by atoms with van der Waals surface area (Å²) >= 11 is 0. The molecule has 3 aromatic rings. The van der Waals surface area contributed by atoms with Crippen molar-refractivity contribution in [3.05, 3.63) is 65.0 Å². The molecule has 1 amide bonds. The molecule has 128 valence electrons. The number of carbonyl (C=O) groups excluding carboxylic acids is 1. The molecular formula is C21H23N3O. The van der Waals surface area contributed by atoms with Gasteiger partial charge in [-0.2, -0.15) is 0 Å². The lowest BCUT2D eigenvalue weighted by atomic mass is 10.0. The maximum absolute atomic E-state index is 12.5. The fourth-order valence-corrected chi connectivity index (χ4v) is 3.58. The van der Waals surface area contributed by atoms with Gasteiger partial charge in [0.1, 0.15) is 5.82 Å². The molecule has 0 fully saturated rings. The molecule has 0 saturated carbocycles. The first-order valence-corrected chi connectivity index (χ1v) is 8.93. The van der Waals surface area contributed by atoms with Crippen molar-refractivity contribution >= 4 is 16.9 Å². The van der Waals surface area contributed by atoms with Gasteiger partial charge in [0.05, 0.1) is 11.0 Å². The van der Waals surface area contributed by atoms with Gasteiger partial charge in [-0.15, -0.1) is 0 Å². The quantitative estimate of drug-likeness (QED) is 0.791. The lowest BCUT2D eigenvalue weighted by molar-refractivity contribution is 0.0951. The summed E-state index contributed by atoms with van der Waals surface area (Å²) in [6, 6.07) is 14.0. The third kappa shape index (κ3) is 3.04. The van der Waals surface area contributed by atoms with Crippen molar-refractivity contribution in [1.82, 2.24) is 14.9 Å². The summed E-state index contributed by atoms with van der Waals surface area (Å²) in [6.45, 7) is 5.89. The van der Waals surface area contributed by atoms with Gasteiger partial charge in [-0.3, -0.25) is 4.79 Å². The number of aromatic nitrogens is 2. The van der Waals surface area contributed by atoms with E-state index >= 15 is 0 Å². The van der Waals surface area contributed by atoms with Crippen LogP contribution >= 0.6 is 0 Å². The predicted molar refractivity (Wildman–Crippen MR) is 99.6 cm³/mol. The van der Waals surface area contributed by atoms with Crippen LogP contribution in [0.1, 0.15) is 40.7 Å². The van der Waals surface area contributed by atoms with E-state index in [4.69, 9.17) is 4.98 Å². The summed E-state index contributed by atoms with van der Waals surface area (Å²) in [4.78, 5) is 17.3. The molecule has 0 saturated heterocycles. The van der Waals surface area contributed by atoms with Gasteiger partial charge < -0.3 is 9.88 Å². The highest BCUT2D eigenvalue weighted by Gasteiger charge is 2.19. The minimum atomic E-state index is -0.0514. The highest BCUT2D eigenvalue weighted by molar-refractivity contribution is 5.97. The molecule has 0 unspecified atom stereocenters. The Morgan fingerprint density at radius 1 is 1.28 bits per heavy atom. The van der Waals surface area contributed by atoms with Crippen LogP contribution in [0.5, 0.6) is 0 Å². The lowest BCUT2D eigenvalue weighted by Gasteiger charge is -2.20. The van der Waals surface area contributed by atoms with E-state index in [-0.39, 0.29) is 5.91 Å². The zero-order valence-corrected chi connectivity index (χ0v) is 14.7. The second kappa shape index (κ2) is 6.36. The smallest absolute Gasteiger partial charge is 0.251 e. The first-order chi connectivity index (χ1) is 12.1. The minimum Gasteiger partial charge on any atom is -0.348 e. The third-order valence-electron chi connectivity index (χ3n) is 5.17. The SMILES string of the molecule is Cc1ccccc1CNC(=O)c1ccc2c(c1)nc1n2CC[C@H](C)C1. The van der Waals surface area contributed by atoms with Crippen molar-refractivity contribution in [2.75, 3.05) is 0 Å². The molecule has 0 aliphatic carbocycles. The van der Waals surface area contributed by atoms with Crippen LogP contribution in [0.4, 0.5) is 0 Å². The molecule has 4 rings (SSSR count). The zero-order valence-electron chi connectivity index (χ0n) is 14.7. The van der Waals surface area contributed by atoms with Gasteiger partial charge in [-0.1, -0.05) is 31.2 Å².